The second-order valence-electron chi connectivity index (χ2n) is 7.31. The normalized spacial score (nSPS) is 15.5. The van der Waals surface area contributed by atoms with Crippen molar-refractivity contribution in [2.75, 3.05) is 20.1 Å². The zero-order valence-corrected chi connectivity index (χ0v) is 25.4. The van der Waals surface area contributed by atoms with E-state index in [1.807, 2.05) is 52.6 Å². The van der Waals surface area contributed by atoms with Crippen LogP contribution in [0, 0.1) is 0 Å². The first-order valence-electron chi connectivity index (χ1n) is 12.5. The molecule has 3 aliphatic heterocycles. The van der Waals surface area contributed by atoms with Gasteiger partial charge in [0.2, 0.25) is 0 Å². The maximum atomic E-state index is 7.88. The summed E-state index contributed by atoms with van der Waals surface area (Å²) in [5.74, 6) is 0. The minimum Gasteiger partial charge on any atom is -0.809 e. The van der Waals surface area contributed by atoms with Gasteiger partial charge in [0.1, 0.15) is 11.4 Å². The molecular formula is C28H36N12Ru. The third kappa shape index (κ3) is 16.9. The van der Waals surface area contributed by atoms with Crippen molar-refractivity contribution in [3.63, 3.8) is 0 Å². The van der Waals surface area contributed by atoms with Gasteiger partial charge in [-0.1, -0.05) is 20.4 Å². The summed E-state index contributed by atoms with van der Waals surface area (Å²) >= 11 is 0. The number of allylic oxidation sites excluding steroid dienone is 1. The summed E-state index contributed by atoms with van der Waals surface area (Å²) in [6, 6.07) is -0.0660. The molecule has 0 amide bonds. The Morgan fingerprint density at radius 3 is 2.32 bits per heavy atom. The summed E-state index contributed by atoms with van der Waals surface area (Å²) in [6.07, 6.45) is 26.1. The van der Waals surface area contributed by atoms with E-state index in [-0.39, 0.29) is 25.5 Å². The molecule has 0 saturated heterocycles. The molecule has 5 heterocycles. The van der Waals surface area contributed by atoms with E-state index in [0.29, 0.717) is 0 Å². The van der Waals surface area contributed by atoms with E-state index >= 15 is 0 Å². The molecule has 0 aliphatic carbocycles. The Kier molecular flexibility index (Phi) is 21.8. The molecule has 5 rings (SSSR count). The molecule has 0 aromatic carbocycles. The monoisotopic (exact) mass is 642 g/mol. The van der Waals surface area contributed by atoms with Crippen molar-refractivity contribution in [1.29, 1.82) is 0 Å². The van der Waals surface area contributed by atoms with E-state index in [1.165, 1.54) is 12.4 Å². The molecule has 13 heteroatoms. The predicted molar refractivity (Wildman–Crippen MR) is 167 cm³/mol. The third-order valence-corrected chi connectivity index (χ3v) is 4.35. The molecule has 12 nitrogen and oxygen atoms in total. The Hall–Kier alpha value is -4.51. The van der Waals surface area contributed by atoms with E-state index < -0.39 is 0 Å². The number of hydrogen-bond acceptors (Lipinski definition) is 10. The Bertz CT molecular complexity index is 1180. The first-order chi connectivity index (χ1) is 19.6. The quantitative estimate of drug-likeness (QED) is 0.380. The molecule has 0 radical (unpaired) electrons. The largest absolute Gasteiger partial charge is 2.00 e. The maximum Gasteiger partial charge on any atom is 2.00 e. The molecule has 0 bridgehead atoms. The summed E-state index contributed by atoms with van der Waals surface area (Å²) in [5, 5.41) is 15.1. The van der Waals surface area contributed by atoms with E-state index in [4.69, 9.17) is 5.41 Å². The molecule has 216 valence electrons. The third-order valence-electron chi connectivity index (χ3n) is 4.35. The summed E-state index contributed by atoms with van der Waals surface area (Å²) in [6.45, 7) is 11.0. The fourth-order valence-corrected chi connectivity index (χ4v) is 2.67. The Balaban J connectivity index is 0.000000529. The van der Waals surface area contributed by atoms with Crippen LogP contribution in [-0.4, -0.2) is 76.0 Å². The summed E-state index contributed by atoms with van der Waals surface area (Å²) in [4.78, 5) is 33.9. The first kappa shape index (κ1) is 36.5. The van der Waals surface area contributed by atoms with Gasteiger partial charge in [-0.15, -0.1) is 0 Å². The van der Waals surface area contributed by atoms with Crippen LogP contribution >= 0.6 is 0 Å². The van der Waals surface area contributed by atoms with Crippen LogP contribution in [0.3, 0.4) is 0 Å². The minimum absolute atomic E-state index is 0. The van der Waals surface area contributed by atoms with Gasteiger partial charge in [0.05, 0.1) is 18.4 Å². The minimum atomic E-state index is -0.0660. The molecular weight excluding hydrogens is 605 g/mol. The smallest absolute Gasteiger partial charge is 0.809 e. The second kappa shape index (κ2) is 24.5. The molecule has 41 heavy (non-hydrogen) atoms. The average molecular weight is 642 g/mol. The van der Waals surface area contributed by atoms with Crippen molar-refractivity contribution in [3.8, 4) is 0 Å². The van der Waals surface area contributed by atoms with Crippen molar-refractivity contribution in [2.24, 2.45) is 20.0 Å². The number of nitrogens with one attached hydrogen (secondary N) is 1. The van der Waals surface area contributed by atoms with Gasteiger partial charge in [-0.2, -0.15) is 12.4 Å². The van der Waals surface area contributed by atoms with Gasteiger partial charge in [0.25, 0.3) is 0 Å². The SMILES string of the molecule is C1=C[N-]C(c2cnccn2)C=N1.C=CN=CC=[N-].CC.CC1=CNCC=N1.CN1C=C(c2cnccn2)N=CC1.[Ru+2]. The van der Waals surface area contributed by atoms with Crippen molar-refractivity contribution >= 4 is 36.8 Å². The standard InChI is InChI=1S/C9H10N4.C8H7N4.C5H8N2.C4H5N2.C2H6.Ru/c1-13-5-4-12-9(7-13)8-6-10-2-3-11-8;1-3-11-7(5-9-1)8-6-10-2-4-12-8;1-5-4-6-2-3-7-5;1-2-6-4-3-5;1-2;/h2-4,6-7H,5H2,1H3;1-7H;3-4,6H,2H2,1H3;2-4H,1H2;1-2H3;/q;-1;;-1;;+2. The van der Waals surface area contributed by atoms with Crippen molar-refractivity contribution in [3.05, 3.63) is 103 Å². The Labute approximate surface area is 255 Å². The predicted octanol–water partition coefficient (Wildman–Crippen LogP) is 4.62. The van der Waals surface area contributed by atoms with Crippen molar-refractivity contribution in [2.45, 2.75) is 26.8 Å². The zero-order chi connectivity index (χ0) is 29.3. The first-order valence-corrected chi connectivity index (χ1v) is 12.5. The van der Waals surface area contributed by atoms with Gasteiger partial charge < -0.3 is 20.9 Å². The molecule has 2 aromatic heterocycles. The Morgan fingerprint density at radius 1 is 1.10 bits per heavy atom. The van der Waals surface area contributed by atoms with E-state index in [0.717, 1.165) is 42.1 Å². The second-order valence-corrected chi connectivity index (χ2v) is 7.31. The summed E-state index contributed by atoms with van der Waals surface area (Å²) in [7, 11) is 2.00. The molecule has 1 atom stereocenters. The van der Waals surface area contributed by atoms with Gasteiger partial charge >= 0.3 is 19.5 Å². The van der Waals surface area contributed by atoms with Gasteiger partial charge in [0, 0.05) is 93.7 Å². The number of nitrogens with zero attached hydrogens (tertiary/aromatic N) is 11. The van der Waals surface area contributed by atoms with Gasteiger partial charge in [-0.3, -0.25) is 39.9 Å². The number of rotatable bonds is 4. The van der Waals surface area contributed by atoms with Crippen LogP contribution in [0.4, 0.5) is 0 Å². The van der Waals surface area contributed by atoms with E-state index in [1.54, 1.807) is 55.8 Å². The molecule has 3 aliphatic rings. The van der Waals surface area contributed by atoms with Crippen LogP contribution < -0.4 is 5.32 Å². The fraction of sp³-hybridized carbons (Fsp3) is 0.250. The van der Waals surface area contributed by atoms with Crippen LogP contribution in [0.5, 0.6) is 0 Å². The molecule has 1 N–H and O–H groups in total. The molecule has 2 aromatic rings. The molecule has 0 fully saturated rings. The average Bonchev–Trinajstić information content (AvgIpc) is 3.04. The number of aromatic nitrogens is 4. The van der Waals surface area contributed by atoms with Crippen molar-refractivity contribution in [1.82, 2.24) is 30.2 Å². The maximum absolute atomic E-state index is 7.88. The van der Waals surface area contributed by atoms with Crippen LogP contribution in [0.1, 0.15) is 38.2 Å². The number of hydrogen-bond donors (Lipinski definition) is 1. The van der Waals surface area contributed by atoms with Crippen LogP contribution in [0.2, 0.25) is 0 Å². The van der Waals surface area contributed by atoms with E-state index in [9.17, 15) is 0 Å². The molecule has 0 saturated carbocycles. The topological polar surface area (TPSA) is 153 Å². The van der Waals surface area contributed by atoms with Crippen LogP contribution in [0.15, 0.2) is 100 Å². The molecule has 1 unspecified atom stereocenters. The van der Waals surface area contributed by atoms with Crippen LogP contribution in [0.25, 0.3) is 16.4 Å². The van der Waals surface area contributed by atoms with Gasteiger partial charge in [-0.05, 0) is 19.2 Å². The van der Waals surface area contributed by atoms with Gasteiger partial charge in [0.15, 0.2) is 0 Å². The van der Waals surface area contributed by atoms with Crippen LogP contribution in [-0.2, 0) is 19.5 Å². The van der Waals surface area contributed by atoms with Crippen molar-refractivity contribution < 1.29 is 19.5 Å². The van der Waals surface area contributed by atoms with E-state index in [2.05, 4.69) is 62.0 Å². The summed E-state index contributed by atoms with van der Waals surface area (Å²) < 4.78 is 0. The summed E-state index contributed by atoms with van der Waals surface area (Å²) in [5.41, 5.74) is 3.55. The zero-order valence-electron chi connectivity index (χ0n) is 23.7. The Morgan fingerprint density at radius 2 is 1.85 bits per heavy atom. The van der Waals surface area contributed by atoms with Gasteiger partial charge in [-0.25, -0.2) is 0 Å². The fourth-order valence-electron chi connectivity index (χ4n) is 2.67. The molecule has 0 spiro atoms. The number of aliphatic imine (C=N–C) groups is 4.